The van der Waals surface area contributed by atoms with Crippen LogP contribution < -0.4 is 40.9 Å². The minimum Gasteiger partial charge on any atom is -0.367 e. The molecule has 1 aliphatic heterocycles. The summed E-state index contributed by atoms with van der Waals surface area (Å²) in [4.78, 5) is 91.7. The van der Waals surface area contributed by atoms with Crippen LogP contribution in [-0.2, 0) is 32.3 Å². The molecule has 0 saturated heterocycles. The van der Waals surface area contributed by atoms with Crippen LogP contribution in [0.25, 0.3) is 33.2 Å². The molecular formula is C65H60N14O6. The lowest BCUT2D eigenvalue weighted by Gasteiger charge is -2.31. The third kappa shape index (κ3) is 11.6. The van der Waals surface area contributed by atoms with Gasteiger partial charge in [0, 0.05) is 28.9 Å². The van der Waals surface area contributed by atoms with Gasteiger partial charge < -0.3 is 45.7 Å². The van der Waals surface area contributed by atoms with Crippen molar-refractivity contribution in [2.24, 2.45) is 0 Å². The number of nitriles is 2. The molecule has 0 fully saturated rings. The summed E-state index contributed by atoms with van der Waals surface area (Å²) in [5.41, 5.74) is 6.70. The number of fused-ring (bicyclic) bond motifs is 3. The van der Waals surface area contributed by atoms with Gasteiger partial charge in [0.1, 0.15) is 30.5 Å². The van der Waals surface area contributed by atoms with Gasteiger partial charge in [-0.05, 0) is 113 Å². The van der Waals surface area contributed by atoms with Gasteiger partial charge in [0.15, 0.2) is 0 Å². The number of amides is 5. The maximum absolute atomic E-state index is 15.3. The molecule has 85 heavy (non-hydrogen) atoms. The third-order valence-electron chi connectivity index (χ3n) is 15.2. The number of hydrogen-bond donors (Lipinski definition) is 4. The van der Waals surface area contributed by atoms with Crippen molar-refractivity contribution in [2.75, 3.05) is 53.8 Å². The van der Waals surface area contributed by atoms with Crippen molar-refractivity contribution >= 4 is 80.4 Å². The first-order chi connectivity index (χ1) is 41.3. The third-order valence-corrected chi connectivity index (χ3v) is 15.2. The van der Waals surface area contributed by atoms with E-state index >= 15 is 14.4 Å². The molecule has 0 spiro atoms. The van der Waals surface area contributed by atoms with E-state index in [-0.39, 0.29) is 37.3 Å². The average molecular weight is 1130 g/mol. The molecule has 0 saturated carbocycles. The van der Waals surface area contributed by atoms with E-state index in [9.17, 15) is 24.9 Å². The quantitative estimate of drug-likeness (QED) is 0.0599. The van der Waals surface area contributed by atoms with Crippen LogP contribution >= 0.6 is 0 Å². The molecule has 10 rings (SSSR count). The van der Waals surface area contributed by atoms with Crippen LogP contribution in [0.2, 0.25) is 0 Å². The molecule has 426 valence electrons. The summed E-state index contributed by atoms with van der Waals surface area (Å²) < 4.78 is 3.42. The molecule has 0 radical (unpaired) electrons. The number of carbonyl (C=O) groups is 6. The second-order valence-corrected chi connectivity index (χ2v) is 20.5. The maximum Gasteiger partial charge on any atom is 0.258 e. The van der Waals surface area contributed by atoms with Crippen molar-refractivity contribution in [3.63, 3.8) is 0 Å². The van der Waals surface area contributed by atoms with Gasteiger partial charge in [-0.2, -0.15) is 20.7 Å². The molecule has 2 unspecified atom stereocenters. The second-order valence-electron chi connectivity index (χ2n) is 20.5. The molecule has 20 nitrogen and oxygen atoms in total. The minimum absolute atomic E-state index is 0.0802. The van der Waals surface area contributed by atoms with Gasteiger partial charge in [-0.1, -0.05) is 84.9 Å². The van der Waals surface area contributed by atoms with Gasteiger partial charge in [-0.3, -0.25) is 24.0 Å². The Balaban J connectivity index is 0.992. The summed E-state index contributed by atoms with van der Waals surface area (Å²) in [5.74, 6) is -2.53. The van der Waals surface area contributed by atoms with Crippen LogP contribution in [0.5, 0.6) is 0 Å². The van der Waals surface area contributed by atoms with Crippen LogP contribution in [0.3, 0.4) is 0 Å². The molecule has 9 aromatic rings. The van der Waals surface area contributed by atoms with E-state index < -0.39 is 53.7 Å². The molecule has 7 aromatic carbocycles. The molecule has 20 heteroatoms. The molecule has 2 aromatic heterocycles. The fourth-order valence-corrected chi connectivity index (χ4v) is 10.4. The van der Waals surface area contributed by atoms with E-state index in [1.54, 1.807) is 104 Å². The first kappa shape index (κ1) is 57.4. The molecular weight excluding hydrogens is 1070 g/mol. The Labute approximate surface area is 490 Å². The highest BCUT2D eigenvalue weighted by atomic mass is 16.2. The number of hydrogen-bond acceptors (Lipinski definition) is 13. The highest BCUT2D eigenvalue weighted by Crippen LogP contribution is 2.37. The van der Waals surface area contributed by atoms with Crippen LogP contribution in [0.15, 0.2) is 170 Å². The molecule has 3 heterocycles. The van der Waals surface area contributed by atoms with Crippen LogP contribution in [0.4, 0.5) is 22.7 Å². The van der Waals surface area contributed by atoms with Gasteiger partial charge in [-0.15, -0.1) is 0 Å². The van der Waals surface area contributed by atoms with E-state index in [1.165, 1.54) is 39.0 Å². The zero-order chi connectivity index (χ0) is 59.9. The van der Waals surface area contributed by atoms with Crippen LogP contribution in [-0.4, -0.2) is 114 Å². The Kier molecular flexibility index (Phi) is 17.0. The monoisotopic (exact) mass is 1130 g/mol. The fourth-order valence-electron chi connectivity index (χ4n) is 10.4. The van der Waals surface area contributed by atoms with E-state index in [1.807, 2.05) is 90.8 Å². The minimum atomic E-state index is -1.25. The Morgan fingerprint density at radius 2 is 1.13 bits per heavy atom. The van der Waals surface area contributed by atoms with Gasteiger partial charge in [0.2, 0.25) is 11.8 Å². The Morgan fingerprint density at radius 3 is 1.72 bits per heavy atom. The standard InChI is InChI=1S/C65H60N14O6/c1-41(68-3)61(81)70-47(40-80)36-75(58-27-15-14-26-57(58)74(5)37-50-48-20-8-12-24-55(48)78(72-50)53-22-10-6-18-45(53)34-66)63(83)43-30-32-44(33-31-43)64(84)76-39-52(71-62(82)42(2)69-4)65(85)77(60-29-17-16-28-59(60)76)38-51-49-21-9-13-25-56(49)79(73-51)54-23-11-7-19-46(54)35-67/h6-33,40-42,47,52,68-69H,36-39H2,1-5H3,(H,70,81)(H,71,82)/t41-,42-,47?,52?/m0/s1. The summed E-state index contributed by atoms with van der Waals surface area (Å²) >= 11 is 0. The molecule has 0 bridgehead atoms. The largest absolute Gasteiger partial charge is 0.367 e. The maximum atomic E-state index is 15.3. The first-order valence-electron chi connectivity index (χ1n) is 27.5. The lowest BCUT2D eigenvalue weighted by Crippen LogP contribution is -2.55. The smallest absolute Gasteiger partial charge is 0.258 e. The number of likely N-dealkylation sites (N-methyl/N-ethyl adjacent to an activating group) is 2. The summed E-state index contributed by atoms with van der Waals surface area (Å²) in [6.07, 6.45) is 0.581. The van der Waals surface area contributed by atoms with E-state index in [2.05, 4.69) is 33.4 Å². The summed E-state index contributed by atoms with van der Waals surface area (Å²) in [5, 5.41) is 43.1. The lowest BCUT2D eigenvalue weighted by molar-refractivity contribution is -0.128. The van der Waals surface area contributed by atoms with Crippen molar-refractivity contribution < 1.29 is 28.8 Å². The molecule has 5 amide bonds. The predicted octanol–water partition coefficient (Wildman–Crippen LogP) is 6.97. The summed E-state index contributed by atoms with van der Waals surface area (Å²) in [6.45, 7) is 2.91. The Bertz CT molecular complexity index is 4120. The number of para-hydroxylation sites is 8. The zero-order valence-corrected chi connectivity index (χ0v) is 47.3. The van der Waals surface area contributed by atoms with E-state index in [0.29, 0.717) is 68.4 Å². The highest BCUT2D eigenvalue weighted by Gasteiger charge is 2.39. The Hall–Kier alpha value is -10.8. The SMILES string of the molecule is CN[C@@H](C)C(=O)NC(C=O)CN(C(=O)c1ccc(C(=O)N2CC(NC(=O)[C@H](C)NC)C(=O)N(Cc3nn(-c4ccccc4C#N)c4ccccc34)c3ccccc32)cc1)c1ccccc1N(C)Cc1nn(-c2ccccc2C#N)c2ccccc12. The van der Waals surface area contributed by atoms with Gasteiger partial charge >= 0.3 is 0 Å². The number of nitrogens with one attached hydrogen (secondary N) is 4. The molecule has 1 aliphatic rings. The zero-order valence-electron chi connectivity index (χ0n) is 47.3. The number of aromatic nitrogens is 4. The number of carbonyl (C=O) groups excluding carboxylic acids is 6. The van der Waals surface area contributed by atoms with E-state index in [4.69, 9.17) is 10.2 Å². The van der Waals surface area contributed by atoms with Crippen molar-refractivity contribution in [2.45, 2.75) is 51.1 Å². The van der Waals surface area contributed by atoms with Crippen molar-refractivity contribution in [3.8, 4) is 23.5 Å². The summed E-state index contributed by atoms with van der Waals surface area (Å²) in [7, 11) is 5.09. The topological polar surface area (TPSA) is 247 Å². The Morgan fingerprint density at radius 1 is 0.635 bits per heavy atom. The fraction of sp³-hybridized carbons (Fsp3) is 0.200. The van der Waals surface area contributed by atoms with E-state index in [0.717, 1.165) is 16.3 Å². The van der Waals surface area contributed by atoms with Gasteiger partial charge in [0.25, 0.3) is 17.7 Å². The van der Waals surface area contributed by atoms with Crippen LogP contribution in [0.1, 0.15) is 57.1 Å². The second kappa shape index (κ2) is 25.1. The first-order valence-corrected chi connectivity index (χ1v) is 27.5. The number of benzene rings is 7. The number of nitrogens with zero attached hydrogens (tertiary/aromatic N) is 10. The number of rotatable bonds is 19. The van der Waals surface area contributed by atoms with Gasteiger partial charge in [0.05, 0.1) is 106 Å². The van der Waals surface area contributed by atoms with Gasteiger partial charge in [-0.25, -0.2) is 9.36 Å². The lowest BCUT2D eigenvalue weighted by atomic mass is 10.1. The molecule has 0 aliphatic carbocycles. The van der Waals surface area contributed by atoms with Crippen molar-refractivity contribution in [3.05, 3.63) is 203 Å². The van der Waals surface area contributed by atoms with Crippen molar-refractivity contribution in [1.82, 2.24) is 40.8 Å². The molecule has 4 N–H and O–H groups in total. The molecule has 4 atom stereocenters. The number of anilines is 4. The normalized spacial score (nSPS) is 14.1. The average Bonchev–Trinajstić information content (AvgIpc) is 2.21. The number of aldehydes is 1. The summed E-state index contributed by atoms with van der Waals surface area (Å²) in [6, 6.07) is 50.4. The van der Waals surface area contributed by atoms with Crippen LogP contribution in [0, 0.1) is 22.7 Å². The predicted molar refractivity (Wildman–Crippen MR) is 325 cm³/mol. The highest BCUT2D eigenvalue weighted by molar-refractivity contribution is 6.14. The van der Waals surface area contributed by atoms with Crippen molar-refractivity contribution in [1.29, 1.82) is 10.5 Å².